The standard InChI is InChI=1S/C15H17Cl2N5O/c1-9-8-22(11-2-3-12(16)13(17)6-11)21-14(9)20-15(23)10(7-19)4-5-18/h2-7,9H,8,18-19H2,1H3,(H,20,21,23)/b5-4-,10-7?/t9-/m0/s1. The summed E-state index contributed by atoms with van der Waals surface area (Å²) in [6.07, 6.45) is 3.86. The molecule has 0 saturated heterocycles. The van der Waals surface area contributed by atoms with Gasteiger partial charge in [0.2, 0.25) is 0 Å². The van der Waals surface area contributed by atoms with Gasteiger partial charge in [-0.2, -0.15) is 5.10 Å². The Hall–Kier alpha value is -2.18. The molecule has 1 atom stereocenters. The molecule has 2 rings (SSSR count). The third-order valence-electron chi connectivity index (χ3n) is 3.30. The number of nitrogens with two attached hydrogens (primary N) is 2. The summed E-state index contributed by atoms with van der Waals surface area (Å²) in [5, 5.41) is 9.85. The summed E-state index contributed by atoms with van der Waals surface area (Å²) in [7, 11) is 0. The lowest BCUT2D eigenvalue weighted by Crippen LogP contribution is -2.34. The first kappa shape index (κ1) is 17.2. The fraction of sp³-hybridized carbons (Fsp3) is 0.200. The number of benzene rings is 1. The average Bonchev–Trinajstić information content (AvgIpc) is 2.88. The monoisotopic (exact) mass is 353 g/mol. The number of anilines is 1. The molecule has 0 unspecified atom stereocenters. The molecular weight excluding hydrogens is 337 g/mol. The van der Waals surface area contributed by atoms with Crippen molar-refractivity contribution < 1.29 is 4.79 Å². The average molecular weight is 354 g/mol. The molecule has 122 valence electrons. The van der Waals surface area contributed by atoms with Crippen molar-refractivity contribution in [3.05, 3.63) is 52.3 Å². The van der Waals surface area contributed by atoms with E-state index in [1.165, 1.54) is 18.5 Å². The first-order chi connectivity index (χ1) is 11.0. The topological polar surface area (TPSA) is 96.7 Å². The third-order valence-corrected chi connectivity index (χ3v) is 4.04. The number of amidine groups is 1. The lowest BCUT2D eigenvalue weighted by molar-refractivity contribution is -0.115. The molecule has 0 spiro atoms. The molecule has 1 amide bonds. The van der Waals surface area contributed by atoms with Gasteiger partial charge in [0, 0.05) is 12.1 Å². The van der Waals surface area contributed by atoms with E-state index in [0.717, 1.165) is 5.69 Å². The number of nitrogens with zero attached hydrogens (tertiary/aromatic N) is 2. The number of rotatable bonds is 3. The molecule has 6 nitrogen and oxygen atoms in total. The summed E-state index contributed by atoms with van der Waals surface area (Å²) in [5.74, 6) is 0.218. The van der Waals surface area contributed by atoms with Gasteiger partial charge in [-0.05, 0) is 30.5 Å². The minimum atomic E-state index is -0.365. The second-order valence-electron chi connectivity index (χ2n) is 5.00. The van der Waals surface area contributed by atoms with E-state index in [4.69, 9.17) is 34.7 Å². The molecule has 0 radical (unpaired) electrons. The molecule has 0 saturated carbocycles. The van der Waals surface area contributed by atoms with Crippen molar-refractivity contribution in [3.8, 4) is 0 Å². The quantitative estimate of drug-likeness (QED) is 0.573. The highest BCUT2D eigenvalue weighted by atomic mass is 35.5. The zero-order valence-corrected chi connectivity index (χ0v) is 14.0. The number of hydrogen-bond acceptors (Lipinski definition) is 5. The lowest BCUT2D eigenvalue weighted by Gasteiger charge is -2.14. The summed E-state index contributed by atoms with van der Waals surface area (Å²) in [5.41, 5.74) is 11.8. The van der Waals surface area contributed by atoms with Crippen LogP contribution < -0.4 is 21.8 Å². The van der Waals surface area contributed by atoms with Gasteiger partial charge in [-0.1, -0.05) is 30.1 Å². The first-order valence-electron chi connectivity index (χ1n) is 6.89. The molecule has 8 heteroatoms. The Morgan fingerprint density at radius 1 is 1.39 bits per heavy atom. The maximum atomic E-state index is 12.1. The number of nitrogens with one attached hydrogen (secondary N) is 1. The van der Waals surface area contributed by atoms with E-state index < -0.39 is 0 Å². The van der Waals surface area contributed by atoms with Crippen molar-refractivity contribution in [2.75, 3.05) is 11.6 Å². The molecular formula is C15H17Cl2N5O. The van der Waals surface area contributed by atoms with Crippen molar-refractivity contribution in [2.45, 2.75) is 6.92 Å². The number of carbonyl (C=O) groups is 1. The van der Waals surface area contributed by atoms with Gasteiger partial charge in [0.05, 0.1) is 27.9 Å². The zero-order valence-electron chi connectivity index (χ0n) is 12.5. The van der Waals surface area contributed by atoms with Crippen LogP contribution >= 0.6 is 23.2 Å². The SMILES string of the molecule is C[C@H]1CN(c2ccc(Cl)c(Cl)c2)N=C1NC(=O)C(=CN)/C=C\N. The minimum Gasteiger partial charge on any atom is -0.405 e. The van der Waals surface area contributed by atoms with Crippen molar-refractivity contribution in [1.82, 2.24) is 5.32 Å². The fourth-order valence-electron chi connectivity index (χ4n) is 2.07. The van der Waals surface area contributed by atoms with Gasteiger partial charge in [-0.3, -0.25) is 9.80 Å². The van der Waals surface area contributed by atoms with Crippen LogP contribution in [0.15, 0.2) is 47.3 Å². The van der Waals surface area contributed by atoms with Crippen molar-refractivity contribution in [1.29, 1.82) is 0 Å². The van der Waals surface area contributed by atoms with Gasteiger partial charge < -0.3 is 16.8 Å². The Morgan fingerprint density at radius 2 is 2.13 bits per heavy atom. The molecule has 1 aliphatic rings. The number of hydrogen-bond donors (Lipinski definition) is 3. The Balaban J connectivity index is 2.17. The fourth-order valence-corrected chi connectivity index (χ4v) is 2.36. The lowest BCUT2D eigenvalue weighted by atomic mass is 10.1. The van der Waals surface area contributed by atoms with Crippen LogP contribution in [0.2, 0.25) is 10.0 Å². The number of halogens is 2. The normalized spacial score (nSPS) is 18.4. The largest absolute Gasteiger partial charge is 0.405 e. The highest BCUT2D eigenvalue weighted by Crippen LogP contribution is 2.29. The Labute approximate surface area is 144 Å². The zero-order chi connectivity index (χ0) is 17.0. The van der Waals surface area contributed by atoms with Gasteiger partial charge >= 0.3 is 0 Å². The maximum Gasteiger partial charge on any atom is 0.258 e. The summed E-state index contributed by atoms with van der Waals surface area (Å²) in [6, 6.07) is 5.25. The number of hydrazone groups is 1. The van der Waals surface area contributed by atoms with Crippen LogP contribution in [-0.4, -0.2) is 18.3 Å². The van der Waals surface area contributed by atoms with Crippen LogP contribution in [0.4, 0.5) is 5.69 Å². The first-order valence-corrected chi connectivity index (χ1v) is 7.64. The number of amides is 1. The summed E-state index contributed by atoms with van der Waals surface area (Å²) >= 11 is 11.9. The highest BCUT2D eigenvalue weighted by Gasteiger charge is 2.26. The van der Waals surface area contributed by atoms with E-state index in [0.29, 0.717) is 22.4 Å². The molecule has 5 N–H and O–H groups in total. The predicted molar refractivity (Wildman–Crippen MR) is 94.1 cm³/mol. The molecule has 1 aromatic rings. The predicted octanol–water partition coefficient (Wildman–Crippen LogP) is 2.19. The molecule has 1 aromatic carbocycles. The van der Waals surface area contributed by atoms with Gasteiger partial charge in [-0.25, -0.2) is 0 Å². The molecule has 0 fully saturated rings. The Bertz CT molecular complexity index is 699. The smallest absolute Gasteiger partial charge is 0.258 e. The molecule has 1 heterocycles. The maximum absolute atomic E-state index is 12.1. The molecule has 23 heavy (non-hydrogen) atoms. The molecule has 1 aliphatic heterocycles. The van der Waals surface area contributed by atoms with Gasteiger partial charge in [-0.15, -0.1) is 0 Å². The third kappa shape index (κ3) is 3.97. The van der Waals surface area contributed by atoms with Gasteiger partial charge in [0.1, 0.15) is 5.84 Å². The van der Waals surface area contributed by atoms with Crippen molar-refractivity contribution in [3.63, 3.8) is 0 Å². The van der Waals surface area contributed by atoms with E-state index in [1.54, 1.807) is 17.1 Å². The van der Waals surface area contributed by atoms with Crippen LogP contribution in [0.3, 0.4) is 0 Å². The molecule has 0 aliphatic carbocycles. The van der Waals surface area contributed by atoms with Crippen molar-refractivity contribution in [2.24, 2.45) is 22.5 Å². The van der Waals surface area contributed by atoms with E-state index in [-0.39, 0.29) is 17.4 Å². The Kier molecular flexibility index (Phi) is 5.52. The van der Waals surface area contributed by atoms with Crippen LogP contribution in [0.5, 0.6) is 0 Å². The molecule has 0 bridgehead atoms. The summed E-state index contributed by atoms with van der Waals surface area (Å²) in [6.45, 7) is 2.57. The number of carbonyl (C=O) groups excluding carboxylic acids is 1. The van der Waals surface area contributed by atoms with Gasteiger partial charge in [0.15, 0.2) is 0 Å². The van der Waals surface area contributed by atoms with E-state index in [9.17, 15) is 4.79 Å². The van der Waals surface area contributed by atoms with Crippen LogP contribution in [0.1, 0.15) is 6.92 Å². The van der Waals surface area contributed by atoms with Crippen LogP contribution in [0, 0.1) is 5.92 Å². The van der Waals surface area contributed by atoms with Crippen LogP contribution in [-0.2, 0) is 4.79 Å². The summed E-state index contributed by atoms with van der Waals surface area (Å²) < 4.78 is 0. The minimum absolute atomic E-state index is 0.0364. The second-order valence-corrected chi connectivity index (χ2v) is 5.82. The Morgan fingerprint density at radius 3 is 2.74 bits per heavy atom. The van der Waals surface area contributed by atoms with E-state index in [1.807, 2.05) is 13.0 Å². The second kappa shape index (κ2) is 7.39. The van der Waals surface area contributed by atoms with Crippen LogP contribution in [0.25, 0.3) is 0 Å². The van der Waals surface area contributed by atoms with E-state index >= 15 is 0 Å². The van der Waals surface area contributed by atoms with E-state index in [2.05, 4.69) is 10.4 Å². The molecule has 0 aromatic heterocycles. The van der Waals surface area contributed by atoms with Crippen molar-refractivity contribution >= 4 is 40.6 Å². The highest BCUT2D eigenvalue weighted by molar-refractivity contribution is 6.42. The van der Waals surface area contributed by atoms with Gasteiger partial charge in [0.25, 0.3) is 5.91 Å². The summed E-state index contributed by atoms with van der Waals surface area (Å²) in [4.78, 5) is 12.1.